The number of carbonyl (C=O) groups is 2. The van der Waals surface area contributed by atoms with Gasteiger partial charge in [0.15, 0.2) is 15.5 Å². The fraction of sp³-hybridized carbons (Fsp3) is 0.650. The summed E-state index contributed by atoms with van der Waals surface area (Å²) in [5, 5.41) is 2.64. The number of esters is 1. The monoisotopic (exact) mass is 776 g/mol. The van der Waals surface area contributed by atoms with Gasteiger partial charge in [0.2, 0.25) is 5.91 Å². The van der Waals surface area contributed by atoms with E-state index in [1.165, 1.54) is 25.0 Å². The number of halogens is 4. The van der Waals surface area contributed by atoms with Crippen LogP contribution in [0.3, 0.4) is 0 Å². The maximum atomic E-state index is 16.4. The van der Waals surface area contributed by atoms with Crippen LogP contribution in [0.4, 0.5) is 23.2 Å². The zero-order chi connectivity index (χ0) is 38.5. The third kappa shape index (κ3) is 8.02. The summed E-state index contributed by atoms with van der Waals surface area (Å²) in [5.41, 5.74) is -0.178. The third-order valence-corrected chi connectivity index (χ3v) is 15.1. The Kier molecular flexibility index (Phi) is 10.9. The number of nitrogens with zero attached hydrogens (tertiary/aromatic N) is 3. The molecule has 296 valence electrons. The minimum Gasteiger partial charge on any atom is -0.469 e. The van der Waals surface area contributed by atoms with E-state index in [4.69, 9.17) is 4.74 Å². The minimum atomic E-state index is -3.56. The Balaban J connectivity index is 1.05. The van der Waals surface area contributed by atoms with E-state index >= 15 is 4.39 Å². The van der Waals surface area contributed by atoms with Crippen molar-refractivity contribution in [1.29, 1.82) is 0 Å². The fourth-order valence-corrected chi connectivity index (χ4v) is 11.9. The van der Waals surface area contributed by atoms with Gasteiger partial charge in [0.25, 0.3) is 5.92 Å². The lowest BCUT2D eigenvalue weighted by molar-refractivity contribution is -0.142. The van der Waals surface area contributed by atoms with E-state index in [0.29, 0.717) is 56.6 Å². The second-order valence-electron chi connectivity index (χ2n) is 16.6. The number of anilines is 1. The molecule has 1 N–H and O–H groups in total. The Labute approximate surface area is 315 Å². The first kappa shape index (κ1) is 39.0. The molecule has 9 nitrogen and oxygen atoms in total. The SMILES string of the molecule is COC(=O)C[C@H]1CCC[C@@H]1[C@](CNC(C)=O)(c1cccc(F)c1)C1CCN(CC2(F)CN(c3ccc(S(=O)(=O)C4CC4)c(CN4CC(F)(F)C4)c3)C2)CC1. The average molecular weight is 777 g/mol. The highest BCUT2D eigenvalue weighted by Crippen LogP contribution is 2.53. The Morgan fingerprint density at radius 3 is 2.30 bits per heavy atom. The van der Waals surface area contributed by atoms with Crippen LogP contribution >= 0.6 is 0 Å². The summed E-state index contributed by atoms with van der Waals surface area (Å²) in [6, 6.07) is 11.6. The van der Waals surface area contributed by atoms with Gasteiger partial charge >= 0.3 is 5.97 Å². The molecule has 2 aliphatic carbocycles. The molecular formula is C40H52F4N4O5S. The standard InChI is InChI=1S/C40H52F4N4O5S/c1-27(49)45-21-40(31-6-4-7-32(41)19-31,35-8-3-5-28(35)18-37(50)53-2)30-13-15-46(16-14-30)22-38(42)23-48(24-38)33-9-12-36(54(51,52)34-10-11-34)29(17-33)20-47-25-39(43,44)26-47/h4,6-7,9,12,17,19,28,30,34-35H,3,5,8,10-11,13-16,18,20-26H2,1-2H3,(H,45,49)/t28-,35+,40+/m1/s1. The van der Waals surface area contributed by atoms with Gasteiger partial charge in [0, 0.05) is 44.1 Å². The second kappa shape index (κ2) is 15.0. The number of hydrogen-bond donors (Lipinski definition) is 1. The molecule has 14 heteroatoms. The molecule has 3 saturated heterocycles. The second-order valence-corrected chi connectivity index (χ2v) is 18.8. The van der Waals surface area contributed by atoms with E-state index < -0.39 is 45.2 Å². The Morgan fingerprint density at radius 1 is 0.944 bits per heavy atom. The van der Waals surface area contributed by atoms with Crippen molar-refractivity contribution in [3.63, 3.8) is 0 Å². The average Bonchev–Trinajstić information content (AvgIpc) is 3.87. The van der Waals surface area contributed by atoms with E-state index in [1.807, 2.05) is 11.0 Å². The molecule has 54 heavy (non-hydrogen) atoms. The highest BCUT2D eigenvalue weighted by molar-refractivity contribution is 7.92. The lowest BCUT2D eigenvalue weighted by Crippen LogP contribution is -2.64. The van der Waals surface area contributed by atoms with Crippen LogP contribution in [0.2, 0.25) is 0 Å². The molecule has 7 rings (SSSR count). The lowest BCUT2D eigenvalue weighted by atomic mass is 9.57. The lowest BCUT2D eigenvalue weighted by Gasteiger charge is -2.52. The molecule has 2 aromatic rings. The molecule has 0 spiro atoms. The largest absolute Gasteiger partial charge is 0.469 e. The van der Waals surface area contributed by atoms with Crippen molar-refractivity contribution in [3.05, 3.63) is 59.4 Å². The van der Waals surface area contributed by atoms with Crippen LogP contribution in [-0.4, -0.2) is 106 Å². The Bertz CT molecular complexity index is 1820. The van der Waals surface area contributed by atoms with Crippen LogP contribution in [0, 0.1) is 23.6 Å². The van der Waals surface area contributed by atoms with Gasteiger partial charge in [0.1, 0.15) is 5.82 Å². The number of nitrogens with one attached hydrogen (secondary N) is 1. The van der Waals surface area contributed by atoms with Crippen LogP contribution in [0.1, 0.15) is 69.4 Å². The van der Waals surface area contributed by atoms with Crippen LogP contribution in [0.15, 0.2) is 47.4 Å². The van der Waals surface area contributed by atoms with Crippen LogP contribution in [0.25, 0.3) is 0 Å². The number of sulfone groups is 1. The van der Waals surface area contributed by atoms with Gasteiger partial charge in [0.05, 0.1) is 43.4 Å². The van der Waals surface area contributed by atoms with Gasteiger partial charge in [-0.1, -0.05) is 18.6 Å². The first-order valence-electron chi connectivity index (χ1n) is 19.3. The predicted molar refractivity (Wildman–Crippen MR) is 196 cm³/mol. The highest BCUT2D eigenvalue weighted by Gasteiger charge is 2.53. The molecule has 0 unspecified atom stereocenters. The summed E-state index contributed by atoms with van der Waals surface area (Å²) in [5.74, 6) is -3.55. The number of likely N-dealkylation sites (tertiary alicyclic amines) is 2. The maximum absolute atomic E-state index is 16.4. The number of piperidine rings is 1. The fourth-order valence-electron chi connectivity index (χ4n) is 10.0. The van der Waals surface area contributed by atoms with Crippen molar-refractivity contribution in [3.8, 4) is 0 Å². The predicted octanol–water partition coefficient (Wildman–Crippen LogP) is 5.51. The number of methoxy groups -OCH3 is 1. The summed E-state index contributed by atoms with van der Waals surface area (Å²) < 4.78 is 90.0. The van der Waals surface area contributed by atoms with Gasteiger partial charge in [-0.2, -0.15) is 0 Å². The van der Waals surface area contributed by atoms with Crippen molar-refractivity contribution < 1.29 is 40.3 Å². The summed E-state index contributed by atoms with van der Waals surface area (Å²) in [4.78, 5) is 30.6. The molecular weight excluding hydrogens is 725 g/mol. The Hall–Kier alpha value is -3.23. The normalized spacial score (nSPS) is 25.7. The highest BCUT2D eigenvalue weighted by atomic mass is 32.2. The number of rotatable bonds is 14. The summed E-state index contributed by atoms with van der Waals surface area (Å²) in [6.45, 7) is 2.72. The zero-order valence-corrected chi connectivity index (χ0v) is 32.0. The number of benzene rings is 2. The summed E-state index contributed by atoms with van der Waals surface area (Å²) in [7, 11) is -2.18. The van der Waals surface area contributed by atoms with E-state index in [9.17, 15) is 31.2 Å². The first-order valence-corrected chi connectivity index (χ1v) is 20.9. The molecule has 2 aromatic carbocycles. The molecule has 2 saturated carbocycles. The number of alkyl halides is 3. The molecule has 0 radical (unpaired) electrons. The topological polar surface area (TPSA) is 99.3 Å². The molecule has 0 aromatic heterocycles. The van der Waals surface area contributed by atoms with Crippen molar-refractivity contribution in [2.75, 3.05) is 64.4 Å². The van der Waals surface area contributed by atoms with Crippen molar-refractivity contribution in [2.45, 2.75) is 92.0 Å². The number of hydrogen-bond acceptors (Lipinski definition) is 8. The van der Waals surface area contributed by atoms with E-state index in [1.54, 1.807) is 30.3 Å². The van der Waals surface area contributed by atoms with Crippen LogP contribution < -0.4 is 10.2 Å². The maximum Gasteiger partial charge on any atom is 0.305 e. The van der Waals surface area contributed by atoms with Gasteiger partial charge in [-0.3, -0.25) is 19.4 Å². The first-order chi connectivity index (χ1) is 25.6. The van der Waals surface area contributed by atoms with E-state index in [2.05, 4.69) is 10.2 Å². The molecule has 0 bridgehead atoms. The zero-order valence-electron chi connectivity index (χ0n) is 31.2. The summed E-state index contributed by atoms with van der Waals surface area (Å²) >= 11 is 0. The third-order valence-electron chi connectivity index (χ3n) is 12.7. The molecule has 3 atom stereocenters. The van der Waals surface area contributed by atoms with Crippen molar-refractivity contribution in [2.24, 2.45) is 17.8 Å². The molecule has 5 fully saturated rings. The molecule has 1 amide bonds. The Morgan fingerprint density at radius 2 is 1.67 bits per heavy atom. The van der Waals surface area contributed by atoms with Crippen molar-refractivity contribution >= 4 is 27.4 Å². The van der Waals surface area contributed by atoms with Gasteiger partial charge in [-0.15, -0.1) is 0 Å². The van der Waals surface area contributed by atoms with Crippen LogP contribution in [-0.2, 0) is 36.1 Å². The number of amides is 1. The minimum absolute atomic E-state index is 0.00244. The number of ether oxygens (including phenoxy) is 1. The number of carbonyl (C=O) groups excluding carboxylic acids is 2. The molecule has 3 aliphatic heterocycles. The van der Waals surface area contributed by atoms with Gasteiger partial charge < -0.3 is 15.0 Å². The molecule has 5 aliphatic rings. The molecule has 3 heterocycles. The van der Waals surface area contributed by atoms with E-state index in [-0.39, 0.29) is 72.9 Å². The van der Waals surface area contributed by atoms with E-state index in [0.717, 1.165) is 24.8 Å². The smallest absolute Gasteiger partial charge is 0.305 e. The van der Waals surface area contributed by atoms with Crippen molar-refractivity contribution in [1.82, 2.24) is 15.1 Å². The quantitative estimate of drug-likeness (QED) is 0.199. The van der Waals surface area contributed by atoms with Gasteiger partial charge in [-0.25, -0.2) is 26.0 Å². The van der Waals surface area contributed by atoms with Gasteiger partial charge in [-0.05, 0) is 111 Å². The summed E-state index contributed by atoms with van der Waals surface area (Å²) in [6.07, 6.45) is 5.44. The van der Waals surface area contributed by atoms with Crippen LogP contribution in [0.5, 0.6) is 0 Å².